The quantitative estimate of drug-likeness (QED) is 0.585. The number of piperazine rings is 1. The topological polar surface area (TPSA) is 54.3 Å². The van der Waals surface area contributed by atoms with Crippen molar-refractivity contribution in [3.05, 3.63) is 39.2 Å². The SMILES string of the molecule is O=c1c2sc(Cl)cc2sn1CCCCN1CCN(c2ncccn2)CC1. The van der Waals surface area contributed by atoms with Gasteiger partial charge in [0.2, 0.25) is 5.95 Å². The number of aromatic nitrogens is 3. The van der Waals surface area contributed by atoms with E-state index in [1.165, 1.54) is 22.9 Å². The number of halogens is 1. The van der Waals surface area contributed by atoms with Crippen molar-refractivity contribution in [2.24, 2.45) is 0 Å². The monoisotopic (exact) mass is 409 g/mol. The smallest absolute Gasteiger partial charge is 0.278 e. The normalized spacial score (nSPS) is 15.8. The van der Waals surface area contributed by atoms with Gasteiger partial charge in [0.15, 0.2) is 0 Å². The first-order valence-corrected chi connectivity index (χ1v) is 10.7. The predicted octanol–water partition coefficient (Wildman–Crippen LogP) is 3.17. The van der Waals surface area contributed by atoms with Crippen molar-refractivity contribution in [2.75, 3.05) is 37.6 Å². The number of unbranched alkanes of at least 4 members (excludes halogenated alkanes) is 1. The molecule has 1 aliphatic rings. The molecule has 0 saturated carbocycles. The highest BCUT2D eigenvalue weighted by atomic mass is 35.5. The Bertz CT molecular complexity index is 914. The van der Waals surface area contributed by atoms with Gasteiger partial charge in [0.25, 0.3) is 5.56 Å². The van der Waals surface area contributed by atoms with Crippen LogP contribution in [0.2, 0.25) is 4.34 Å². The summed E-state index contributed by atoms with van der Waals surface area (Å²) in [6.45, 7) is 5.86. The van der Waals surface area contributed by atoms with Crippen molar-refractivity contribution in [1.82, 2.24) is 18.8 Å². The van der Waals surface area contributed by atoms with E-state index in [-0.39, 0.29) is 5.56 Å². The lowest BCUT2D eigenvalue weighted by Crippen LogP contribution is -2.47. The van der Waals surface area contributed by atoms with Gasteiger partial charge in [-0.25, -0.2) is 9.97 Å². The molecule has 0 amide bonds. The highest BCUT2D eigenvalue weighted by Crippen LogP contribution is 2.30. The van der Waals surface area contributed by atoms with Crippen LogP contribution in [0.5, 0.6) is 0 Å². The molecule has 0 atom stereocenters. The van der Waals surface area contributed by atoms with Crippen LogP contribution < -0.4 is 10.5 Å². The molecule has 0 bridgehead atoms. The molecule has 0 N–H and O–H groups in total. The zero-order valence-electron chi connectivity index (χ0n) is 14.3. The summed E-state index contributed by atoms with van der Waals surface area (Å²) in [5.74, 6) is 0.823. The third kappa shape index (κ3) is 3.93. The van der Waals surface area contributed by atoms with Gasteiger partial charge >= 0.3 is 0 Å². The first-order valence-electron chi connectivity index (χ1n) is 8.74. The minimum Gasteiger partial charge on any atom is -0.338 e. The Morgan fingerprint density at radius 2 is 1.81 bits per heavy atom. The van der Waals surface area contributed by atoms with Crippen molar-refractivity contribution >= 4 is 49.8 Å². The molecule has 0 radical (unpaired) electrons. The van der Waals surface area contributed by atoms with Crippen LogP contribution in [0.25, 0.3) is 9.40 Å². The molecule has 4 heterocycles. The molecule has 6 nitrogen and oxygen atoms in total. The molecule has 1 saturated heterocycles. The lowest BCUT2D eigenvalue weighted by atomic mass is 10.2. The van der Waals surface area contributed by atoms with E-state index in [4.69, 9.17) is 11.6 Å². The summed E-state index contributed by atoms with van der Waals surface area (Å²) < 4.78 is 4.35. The molecule has 9 heteroatoms. The molecule has 138 valence electrons. The summed E-state index contributed by atoms with van der Waals surface area (Å²) in [6.07, 6.45) is 5.70. The number of aryl methyl sites for hydroxylation is 1. The maximum atomic E-state index is 12.3. The van der Waals surface area contributed by atoms with Crippen molar-refractivity contribution < 1.29 is 0 Å². The Morgan fingerprint density at radius 3 is 2.54 bits per heavy atom. The van der Waals surface area contributed by atoms with E-state index in [1.807, 2.05) is 16.1 Å². The lowest BCUT2D eigenvalue weighted by molar-refractivity contribution is 0.250. The van der Waals surface area contributed by atoms with Gasteiger partial charge in [0.1, 0.15) is 4.70 Å². The Hall–Kier alpha value is -1.48. The second kappa shape index (κ2) is 8.04. The predicted molar refractivity (Wildman–Crippen MR) is 109 cm³/mol. The number of fused-ring (bicyclic) bond motifs is 1. The van der Waals surface area contributed by atoms with Crippen LogP contribution in [0.1, 0.15) is 12.8 Å². The van der Waals surface area contributed by atoms with Crippen LogP contribution in [0.3, 0.4) is 0 Å². The second-order valence-corrected chi connectivity index (χ2v) is 9.07. The number of hydrogen-bond acceptors (Lipinski definition) is 7. The largest absolute Gasteiger partial charge is 0.338 e. The van der Waals surface area contributed by atoms with Crippen LogP contribution in [0.15, 0.2) is 29.3 Å². The van der Waals surface area contributed by atoms with Crippen molar-refractivity contribution in [1.29, 1.82) is 0 Å². The average molecular weight is 410 g/mol. The minimum atomic E-state index is 0.110. The first kappa shape index (κ1) is 17.9. The number of hydrogen-bond donors (Lipinski definition) is 0. The van der Waals surface area contributed by atoms with Gasteiger partial charge in [0.05, 0.1) is 9.04 Å². The van der Waals surface area contributed by atoms with Crippen LogP contribution in [0.4, 0.5) is 5.95 Å². The van der Waals surface area contributed by atoms with Crippen molar-refractivity contribution in [2.45, 2.75) is 19.4 Å². The van der Waals surface area contributed by atoms with Gasteiger partial charge < -0.3 is 4.90 Å². The molecule has 0 aromatic carbocycles. The summed E-state index contributed by atoms with van der Waals surface area (Å²) >= 11 is 8.88. The second-order valence-electron chi connectivity index (χ2n) is 6.33. The van der Waals surface area contributed by atoms with E-state index in [1.54, 1.807) is 12.4 Å². The zero-order valence-corrected chi connectivity index (χ0v) is 16.7. The molecule has 26 heavy (non-hydrogen) atoms. The van der Waals surface area contributed by atoms with Gasteiger partial charge in [-0.3, -0.25) is 13.7 Å². The Morgan fingerprint density at radius 1 is 1.08 bits per heavy atom. The number of rotatable bonds is 6. The summed E-state index contributed by atoms with van der Waals surface area (Å²) in [6, 6.07) is 3.73. The summed E-state index contributed by atoms with van der Waals surface area (Å²) in [4.78, 5) is 25.7. The molecule has 1 fully saturated rings. The van der Waals surface area contributed by atoms with E-state index in [2.05, 4.69) is 19.8 Å². The van der Waals surface area contributed by atoms with Crippen LogP contribution in [0, 0.1) is 0 Å². The molecule has 0 spiro atoms. The fraction of sp³-hybridized carbons (Fsp3) is 0.471. The fourth-order valence-corrected chi connectivity index (χ4v) is 5.68. The number of nitrogens with zero attached hydrogens (tertiary/aromatic N) is 5. The number of thiophene rings is 1. The highest BCUT2D eigenvalue weighted by Gasteiger charge is 2.18. The first-order chi connectivity index (χ1) is 12.7. The molecule has 3 aromatic heterocycles. The van der Waals surface area contributed by atoms with Gasteiger partial charge in [0, 0.05) is 45.1 Å². The van der Waals surface area contributed by atoms with Crippen molar-refractivity contribution in [3.8, 4) is 0 Å². The van der Waals surface area contributed by atoms with E-state index in [9.17, 15) is 4.79 Å². The van der Waals surface area contributed by atoms with E-state index < -0.39 is 0 Å². The molecule has 3 aromatic rings. The third-order valence-electron chi connectivity index (χ3n) is 4.59. The van der Waals surface area contributed by atoms with Gasteiger partial charge in [-0.2, -0.15) is 0 Å². The van der Waals surface area contributed by atoms with Gasteiger partial charge in [-0.05, 0) is 31.5 Å². The maximum absolute atomic E-state index is 12.3. The number of anilines is 1. The van der Waals surface area contributed by atoms with E-state index in [0.717, 1.165) is 67.5 Å². The average Bonchev–Trinajstić information content (AvgIpc) is 3.17. The molecule has 0 aliphatic carbocycles. The fourth-order valence-electron chi connectivity index (χ4n) is 3.20. The molecule has 0 unspecified atom stereocenters. The standard InChI is InChI=1S/C17H20ClN5OS2/c18-14-12-13-15(25-14)16(24)23(26-13)7-2-1-6-21-8-10-22(11-9-21)17-19-4-3-5-20-17/h3-5,12H,1-2,6-11H2. The maximum Gasteiger partial charge on any atom is 0.278 e. The Kier molecular flexibility index (Phi) is 5.54. The van der Waals surface area contributed by atoms with Gasteiger partial charge in [-0.1, -0.05) is 23.1 Å². The minimum absolute atomic E-state index is 0.110. The van der Waals surface area contributed by atoms with Crippen molar-refractivity contribution in [3.63, 3.8) is 0 Å². The zero-order chi connectivity index (χ0) is 17.9. The Labute approximate surface area is 164 Å². The van der Waals surface area contributed by atoms with Crippen LogP contribution in [-0.2, 0) is 6.54 Å². The summed E-state index contributed by atoms with van der Waals surface area (Å²) in [7, 11) is 0. The third-order valence-corrected chi connectivity index (χ3v) is 7.06. The lowest BCUT2D eigenvalue weighted by Gasteiger charge is -2.34. The Balaban J connectivity index is 1.21. The summed E-state index contributed by atoms with van der Waals surface area (Å²) in [5.41, 5.74) is 0.110. The van der Waals surface area contributed by atoms with E-state index in [0.29, 0.717) is 4.34 Å². The summed E-state index contributed by atoms with van der Waals surface area (Å²) in [5, 5.41) is 0. The molecular weight excluding hydrogens is 390 g/mol. The molecule has 4 rings (SSSR count). The molecular formula is C17H20ClN5OS2. The van der Waals surface area contributed by atoms with Gasteiger partial charge in [-0.15, -0.1) is 11.3 Å². The van der Waals surface area contributed by atoms with Crippen LogP contribution in [-0.4, -0.2) is 51.5 Å². The van der Waals surface area contributed by atoms with Crippen LogP contribution >= 0.6 is 34.5 Å². The molecule has 1 aliphatic heterocycles. The highest BCUT2D eigenvalue weighted by molar-refractivity contribution is 7.27. The van der Waals surface area contributed by atoms with E-state index >= 15 is 0 Å².